The first-order valence-electron chi connectivity index (χ1n) is 9.83. The van der Waals surface area contributed by atoms with Crippen LogP contribution >= 0.6 is 15.9 Å². The summed E-state index contributed by atoms with van der Waals surface area (Å²) in [5.74, 6) is -1.06. The molecule has 2 aromatic rings. The number of carbonyl (C=O) groups is 2. The van der Waals surface area contributed by atoms with Crippen LogP contribution < -0.4 is 9.62 Å². The number of sulfonamides is 1. The summed E-state index contributed by atoms with van der Waals surface area (Å²) >= 11 is 3.37. The number of anilines is 1. The van der Waals surface area contributed by atoms with E-state index in [1.165, 1.54) is 31.0 Å². The molecule has 2 rings (SSSR count). The van der Waals surface area contributed by atoms with Crippen molar-refractivity contribution in [3.63, 3.8) is 0 Å². The lowest BCUT2D eigenvalue weighted by atomic mass is 10.1. The zero-order valence-electron chi connectivity index (χ0n) is 18.6. The fourth-order valence-corrected chi connectivity index (χ4v) is 4.54. The Labute approximate surface area is 200 Å². The number of nitrogens with one attached hydrogen (secondary N) is 1. The number of non-ortho nitro benzene ring substituents is 1. The van der Waals surface area contributed by atoms with Crippen LogP contribution in [0.4, 0.5) is 11.4 Å². The summed E-state index contributed by atoms with van der Waals surface area (Å²) in [5, 5.41) is 13.7. The second-order valence-corrected chi connectivity index (χ2v) is 10.3. The Morgan fingerprint density at radius 1 is 1.21 bits per heavy atom. The second-order valence-electron chi connectivity index (χ2n) is 7.44. The van der Waals surface area contributed by atoms with Crippen LogP contribution in [0.15, 0.2) is 46.9 Å². The van der Waals surface area contributed by atoms with Gasteiger partial charge in [-0.1, -0.05) is 34.1 Å². The van der Waals surface area contributed by atoms with Crippen LogP contribution in [-0.2, 0) is 26.2 Å². The standard InChI is InChI=1S/C21H25BrN4O6S/c1-14-8-9-18(26(29)30)11-19(14)25(33(4,31)32)13-20(27)24(15(2)21(28)23-3)12-16-6-5-7-17(22)10-16/h5-11,15H,12-13H2,1-4H3,(H,23,28)/t15-/m0/s1. The SMILES string of the molecule is CNC(=O)[C@H](C)N(Cc1cccc(Br)c1)C(=O)CN(c1cc([N+](=O)[O-])ccc1C)S(C)(=O)=O. The zero-order valence-corrected chi connectivity index (χ0v) is 21.0. The monoisotopic (exact) mass is 540 g/mol. The molecule has 0 bridgehead atoms. The van der Waals surface area contributed by atoms with Crippen LogP contribution in [0, 0.1) is 17.0 Å². The minimum absolute atomic E-state index is 0.0232. The molecule has 0 aliphatic carbocycles. The Morgan fingerprint density at radius 2 is 1.88 bits per heavy atom. The van der Waals surface area contributed by atoms with Crippen molar-refractivity contribution in [2.24, 2.45) is 0 Å². The number of rotatable bonds is 9. The molecule has 0 aliphatic rings. The third kappa shape index (κ3) is 6.75. The highest BCUT2D eigenvalue weighted by molar-refractivity contribution is 9.10. The molecule has 0 aliphatic heterocycles. The number of nitro benzene ring substituents is 1. The highest BCUT2D eigenvalue weighted by atomic mass is 79.9. The smallest absolute Gasteiger partial charge is 0.271 e. The first-order valence-corrected chi connectivity index (χ1v) is 12.5. The van der Waals surface area contributed by atoms with Crippen molar-refractivity contribution in [1.29, 1.82) is 0 Å². The average molecular weight is 541 g/mol. The second kappa shape index (κ2) is 10.8. The van der Waals surface area contributed by atoms with Crippen molar-refractivity contribution >= 4 is 49.1 Å². The van der Waals surface area contributed by atoms with E-state index >= 15 is 0 Å². The van der Waals surface area contributed by atoms with E-state index in [0.717, 1.165) is 26.7 Å². The molecule has 0 spiro atoms. The van der Waals surface area contributed by atoms with Gasteiger partial charge < -0.3 is 10.2 Å². The first-order chi connectivity index (χ1) is 15.3. The molecule has 178 valence electrons. The van der Waals surface area contributed by atoms with E-state index in [4.69, 9.17) is 0 Å². The van der Waals surface area contributed by atoms with Gasteiger partial charge >= 0.3 is 0 Å². The minimum Gasteiger partial charge on any atom is -0.357 e. The van der Waals surface area contributed by atoms with Gasteiger partial charge in [0.1, 0.15) is 12.6 Å². The van der Waals surface area contributed by atoms with Crippen LogP contribution in [0.25, 0.3) is 0 Å². The van der Waals surface area contributed by atoms with Crippen molar-refractivity contribution in [3.8, 4) is 0 Å². The molecular formula is C21H25BrN4O6S. The lowest BCUT2D eigenvalue weighted by Crippen LogP contribution is -2.50. The number of aryl methyl sites for hydroxylation is 1. The predicted molar refractivity (Wildman–Crippen MR) is 128 cm³/mol. The van der Waals surface area contributed by atoms with Crippen molar-refractivity contribution in [3.05, 3.63) is 68.2 Å². The van der Waals surface area contributed by atoms with Gasteiger partial charge in [0.25, 0.3) is 5.69 Å². The molecule has 0 saturated carbocycles. The third-order valence-corrected chi connectivity index (χ3v) is 6.63. The lowest BCUT2D eigenvalue weighted by molar-refractivity contribution is -0.384. The van der Waals surface area contributed by atoms with Gasteiger partial charge in [0.15, 0.2) is 0 Å². The quantitative estimate of drug-likeness (QED) is 0.384. The number of halogens is 1. The van der Waals surface area contributed by atoms with E-state index in [2.05, 4.69) is 21.2 Å². The molecule has 0 aromatic heterocycles. The maximum Gasteiger partial charge on any atom is 0.271 e. The third-order valence-electron chi connectivity index (χ3n) is 5.01. The largest absolute Gasteiger partial charge is 0.357 e. The molecule has 0 heterocycles. The summed E-state index contributed by atoms with van der Waals surface area (Å²) in [6.07, 6.45) is 0.916. The number of amides is 2. The predicted octanol–water partition coefficient (Wildman–Crippen LogP) is 2.60. The van der Waals surface area contributed by atoms with E-state index in [-0.39, 0.29) is 17.9 Å². The van der Waals surface area contributed by atoms with E-state index in [1.807, 2.05) is 6.07 Å². The number of likely N-dealkylation sites (N-methyl/N-ethyl adjacent to an activating group) is 1. The van der Waals surface area contributed by atoms with Crippen molar-refractivity contribution < 1.29 is 22.9 Å². The topological polar surface area (TPSA) is 130 Å². The maximum atomic E-state index is 13.3. The molecule has 0 radical (unpaired) electrons. The highest BCUT2D eigenvalue weighted by Crippen LogP contribution is 2.28. The Morgan fingerprint density at radius 3 is 2.42 bits per heavy atom. The van der Waals surface area contributed by atoms with Gasteiger partial charge in [0.2, 0.25) is 21.8 Å². The summed E-state index contributed by atoms with van der Waals surface area (Å²) in [5.41, 5.74) is 0.888. The Balaban J connectivity index is 2.48. The van der Waals surface area contributed by atoms with Gasteiger partial charge in [-0.2, -0.15) is 0 Å². The molecule has 12 heteroatoms. The Kier molecular flexibility index (Phi) is 8.56. The van der Waals surface area contributed by atoms with E-state index in [9.17, 15) is 28.1 Å². The molecule has 1 N–H and O–H groups in total. The maximum absolute atomic E-state index is 13.3. The van der Waals surface area contributed by atoms with Gasteiger partial charge in [0, 0.05) is 30.2 Å². The minimum atomic E-state index is -3.99. The van der Waals surface area contributed by atoms with Crippen molar-refractivity contribution in [2.45, 2.75) is 26.4 Å². The van der Waals surface area contributed by atoms with Crippen molar-refractivity contribution in [2.75, 3.05) is 24.2 Å². The Hall–Kier alpha value is -2.99. The molecule has 2 aromatic carbocycles. The summed E-state index contributed by atoms with van der Waals surface area (Å²) in [4.78, 5) is 37.5. The highest BCUT2D eigenvalue weighted by Gasteiger charge is 2.30. The zero-order chi connectivity index (χ0) is 24.9. The van der Waals surface area contributed by atoms with E-state index < -0.39 is 39.3 Å². The van der Waals surface area contributed by atoms with Gasteiger partial charge in [-0.05, 0) is 37.1 Å². The van der Waals surface area contributed by atoms with Crippen molar-refractivity contribution in [1.82, 2.24) is 10.2 Å². The molecule has 0 fully saturated rings. The molecule has 0 saturated heterocycles. The van der Waals surface area contributed by atoms with Crippen LogP contribution in [0.3, 0.4) is 0 Å². The van der Waals surface area contributed by atoms with Gasteiger partial charge in [-0.25, -0.2) is 8.42 Å². The summed E-state index contributed by atoms with van der Waals surface area (Å²) in [7, 11) is -2.55. The fourth-order valence-electron chi connectivity index (χ4n) is 3.20. The number of nitrogens with zero attached hydrogens (tertiary/aromatic N) is 3. The number of carbonyl (C=O) groups excluding carboxylic acids is 2. The average Bonchev–Trinajstić information content (AvgIpc) is 2.74. The van der Waals surface area contributed by atoms with Gasteiger partial charge in [-0.3, -0.25) is 24.0 Å². The molecule has 2 amide bonds. The molecule has 33 heavy (non-hydrogen) atoms. The molecule has 0 unspecified atom stereocenters. The van der Waals surface area contributed by atoms with Gasteiger partial charge in [-0.15, -0.1) is 0 Å². The molecule has 1 atom stereocenters. The fraction of sp³-hybridized carbons (Fsp3) is 0.333. The summed E-state index contributed by atoms with van der Waals surface area (Å²) < 4.78 is 26.8. The number of hydrogen-bond donors (Lipinski definition) is 1. The van der Waals surface area contributed by atoms with Gasteiger partial charge in [0.05, 0.1) is 16.9 Å². The molecular weight excluding hydrogens is 516 g/mol. The number of nitro groups is 1. The number of hydrogen-bond acceptors (Lipinski definition) is 6. The summed E-state index contributed by atoms with van der Waals surface area (Å²) in [6, 6.07) is 10.1. The van der Waals surface area contributed by atoms with Crippen LogP contribution in [0.2, 0.25) is 0 Å². The molecule has 10 nitrogen and oxygen atoms in total. The first kappa shape index (κ1) is 26.3. The lowest BCUT2D eigenvalue weighted by Gasteiger charge is -2.31. The summed E-state index contributed by atoms with van der Waals surface area (Å²) in [6.45, 7) is 2.56. The Bertz CT molecular complexity index is 1170. The van der Waals surface area contributed by atoms with E-state index in [1.54, 1.807) is 25.1 Å². The van der Waals surface area contributed by atoms with Crippen LogP contribution in [-0.4, -0.2) is 55.9 Å². The number of benzene rings is 2. The van der Waals surface area contributed by atoms with E-state index in [0.29, 0.717) is 5.56 Å². The van der Waals surface area contributed by atoms with Crippen LogP contribution in [0.5, 0.6) is 0 Å². The normalized spacial score (nSPS) is 12.0. The van der Waals surface area contributed by atoms with Crippen LogP contribution in [0.1, 0.15) is 18.1 Å².